The molecule has 0 aliphatic carbocycles. The summed E-state index contributed by atoms with van der Waals surface area (Å²) in [4.78, 5) is 94.9. The number of amides is 4. The number of hydrogen-bond acceptors (Lipinski definition) is 22. The summed E-state index contributed by atoms with van der Waals surface area (Å²) in [5, 5.41) is 34.5. The number of fused-ring (bicyclic) bond motifs is 3. The van der Waals surface area contributed by atoms with Gasteiger partial charge in [0, 0.05) is 135 Å². The van der Waals surface area contributed by atoms with Crippen LogP contribution >= 0.6 is 21.6 Å². The van der Waals surface area contributed by atoms with Crippen molar-refractivity contribution in [3.8, 4) is 23.0 Å². The zero-order valence-corrected chi connectivity index (χ0v) is 51.6. The Kier molecular flexibility index (Phi) is 23.8. The Hall–Kier alpha value is -9.86. The molecule has 1 aliphatic rings. The van der Waals surface area contributed by atoms with Gasteiger partial charge in [0.05, 0.1) is 55.8 Å². The molecule has 8 rings (SSSR count). The van der Waals surface area contributed by atoms with E-state index in [1.54, 1.807) is 73.8 Å². The summed E-state index contributed by atoms with van der Waals surface area (Å²) in [5.74, 6) is 1.45. The number of aliphatic hydroxyl groups excluding tert-OH is 1. The summed E-state index contributed by atoms with van der Waals surface area (Å²) in [7, 11) is 8.94. The molecule has 6 aromatic carbocycles. The van der Waals surface area contributed by atoms with Gasteiger partial charge in [-0.05, 0) is 85.3 Å². The van der Waals surface area contributed by atoms with E-state index in [1.807, 2.05) is 53.1 Å². The van der Waals surface area contributed by atoms with E-state index in [-0.39, 0.29) is 68.9 Å². The molecule has 2 heterocycles. The number of aliphatic hydroxyl groups is 1. The molecule has 0 saturated carbocycles. The number of nitro groups is 1. The molecule has 0 saturated heterocycles. The van der Waals surface area contributed by atoms with Gasteiger partial charge < -0.3 is 68.2 Å². The van der Waals surface area contributed by atoms with Crippen molar-refractivity contribution in [2.24, 2.45) is 10.2 Å². The van der Waals surface area contributed by atoms with Crippen LogP contribution in [-0.4, -0.2) is 155 Å². The lowest BCUT2D eigenvalue weighted by atomic mass is 9.80. The van der Waals surface area contributed by atoms with Gasteiger partial charge in [-0.25, -0.2) is 24.0 Å². The number of benzene rings is 6. The second-order valence-electron chi connectivity index (χ2n) is 20.0. The van der Waals surface area contributed by atoms with Crippen LogP contribution in [-0.2, 0) is 25.6 Å². The molecule has 4 amide bonds. The number of azo groups is 1. The van der Waals surface area contributed by atoms with E-state index < -0.39 is 40.7 Å². The molecule has 1 atom stereocenters. The minimum absolute atomic E-state index is 0.0316. The van der Waals surface area contributed by atoms with Crippen LogP contribution in [0.5, 0.6) is 23.0 Å². The topological polar surface area (TPSA) is 296 Å². The number of hydrogen-bond donors (Lipinski definition) is 3. The number of carbonyl (C=O) groups excluding carboxylic acids is 5. The molecule has 0 bridgehead atoms. The highest BCUT2D eigenvalue weighted by atomic mass is 33.1. The molecular weight excluding hydrogens is 1200 g/mol. The van der Waals surface area contributed by atoms with Crippen LogP contribution in [0.1, 0.15) is 45.5 Å². The number of likely N-dealkylation sites (N-methyl/N-ethyl adjacent to an activating group) is 3. The molecule has 472 valence electrons. The Morgan fingerprint density at radius 3 is 2.03 bits per heavy atom. The molecule has 0 spiro atoms. The number of anilines is 2. The molecule has 0 fully saturated rings. The zero-order valence-electron chi connectivity index (χ0n) is 50.0. The molecule has 27 heteroatoms. The highest BCUT2D eigenvalue weighted by Crippen LogP contribution is 2.50. The molecule has 1 unspecified atom stereocenters. The fourth-order valence-corrected chi connectivity index (χ4v) is 11.3. The van der Waals surface area contributed by atoms with Gasteiger partial charge in [-0.2, -0.15) is 10.2 Å². The third kappa shape index (κ3) is 17.9. The van der Waals surface area contributed by atoms with Gasteiger partial charge in [-0.3, -0.25) is 14.9 Å². The van der Waals surface area contributed by atoms with Gasteiger partial charge in [0.2, 0.25) is 5.91 Å². The van der Waals surface area contributed by atoms with Gasteiger partial charge in [0.1, 0.15) is 41.8 Å². The molecule has 0 radical (unpaired) electrons. The van der Waals surface area contributed by atoms with E-state index in [9.17, 15) is 44.0 Å². The standard InChI is InChI=1S/C63H67N9O16S2/c1-6-70(44-15-11-42(12-16-44)66-67-43-13-17-45(18-14-43)72(80)81)29-32-84-61(77)65-26-33-89-90-34-30-71(39-57(74)64-25-31-73)46-19-24-54-53(36-46)41(35-58(75)88-54)40-85-62(78)68(2)27-28-69(3)63(79)86-48-21-23-52-56(38-48)87-55-37-47(82-4)20-22-51(55)59(52)49-9-7-8-10-50(49)60(76)83-5/h7-24,35-38,59,73H,6,25-34,39-40H2,1-5H3,(H,64,74)(H,65,77). The largest absolute Gasteiger partial charge is 0.497 e. The number of non-ortho nitro benzene ring substituents is 1. The minimum Gasteiger partial charge on any atom is -0.497 e. The maximum atomic E-state index is 13.4. The number of nitro benzene ring substituents is 1. The van der Waals surface area contributed by atoms with Crippen LogP contribution in [0.2, 0.25) is 0 Å². The normalized spacial score (nSPS) is 12.2. The zero-order chi connectivity index (χ0) is 64.1. The lowest BCUT2D eigenvalue weighted by molar-refractivity contribution is -0.384. The molecule has 7 aromatic rings. The van der Waals surface area contributed by atoms with Gasteiger partial charge in [0.25, 0.3) is 5.69 Å². The van der Waals surface area contributed by atoms with Crippen LogP contribution in [0.3, 0.4) is 0 Å². The minimum atomic E-state index is -0.741. The number of methoxy groups -OCH3 is 2. The van der Waals surface area contributed by atoms with Crippen LogP contribution < -0.4 is 40.3 Å². The Morgan fingerprint density at radius 2 is 1.36 bits per heavy atom. The quantitative estimate of drug-likeness (QED) is 0.00574. The third-order valence-corrected chi connectivity index (χ3v) is 16.5. The number of carbonyl (C=O) groups is 5. The van der Waals surface area contributed by atoms with Crippen molar-refractivity contribution in [2.75, 3.05) is 115 Å². The first kappa shape index (κ1) is 66.1. The van der Waals surface area contributed by atoms with Crippen molar-refractivity contribution in [3.63, 3.8) is 0 Å². The van der Waals surface area contributed by atoms with Crippen molar-refractivity contribution in [2.45, 2.75) is 19.4 Å². The number of alkyl carbamates (subject to hydrolysis) is 1. The number of esters is 1. The van der Waals surface area contributed by atoms with Crippen molar-refractivity contribution in [3.05, 3.63) is 182 Å². The second kappa shape index (κ2) is 32.4. The summed E-state index contributed by atoms with van der Waals surface area (Å²) in [6.07, 6.45) is -2.01. The third-order valence-electron chi connectivity index (χ3n) is 14.1. The highest BCUT2D eigenvalue weighted by Gasteiger charge is 2.33. The van der Waals surface area contributed by atoms with Gasteiger partial charge in [-0.15, -0.1) is 0 Å². The average Bonchev–Trinajstić information content (AvgIpc) is 0.785. The van der Waals surface area contributed by atoms with Crippen LogP contribution in [0.15, 0.2) is 153 Å². The van der Waals surface area contributed by atoms with E-state index in [0.29, 0.717) is 94.1 Å². The predicted octanol–water partition coefficient (Wildman–Crippen LogP) is 10.4. The summed E-state index contributed by atoms with van der Waals surface area (Å²) in [6, 6.07) is 37.0. The first-order valence-electron chi connectivity index (χ1n) is 28.4. The monoisotopic (exact) mass is 1270 g/mol. The fraction of sp³-hybridized carbons (Fsp3) is 0.302. The smallest absolute Gasteiger partial charge is 0.415 e. The van der Waals surface area contributed by atoms with Gasteiger partial charge >= 0.3 is 29.9 Å². The van der Waals surface area contributed by atoms with Crippen molar-refractivity contribution < 1.29 is 66.8 Å². The number of rotatable bonds is 29. The molecular formula is C63H67N9O16S2. The summed E-state index contributed by atoms with van der Waals surface area (Å²) in [5.41, 5.74) is 5.03. The summed E-state index contributed by atoms with van der Waals surface area (Å²) < 4.78 is 39.3. The summed E-state index contributed by atoms with van der Waals surface area (Å²) >= 11 is 0. The predicted molar refractivity (Wildman–Crippen MR) is 340 cm³/mol. The number of nitrogens with one attached hydrogen (secondary N) is 2. The van der Waals surface area contributed by atoms with E-state index in [0.717, 1.165) is 16.8 Å². The number of nitrogens with zero attached hydrogens (tertiary/aromatic N) is 7. The maximum absolute atomic E-state index is 13.4. The molecule has 90 heavy (non-hydrogen) atoms. The van der Waals surface area contributed by atoms with E-state index >= 15 is 0 Å². The van der Waals surface area contributed by atoms with Crippen molar-refractivity contribution in [1.29, 1.82) is 0 Å². The van der Waals surface area contributed by atoms with Crippen LogP contribution in [0.25, 0.3) is 11.0 Å². The Morgan fingerprint density at radius 1 is 0.700 bits per heavy atom. The van der Waals surface area contributed by atoms with E-state index in [1.165, 1.54) is 82.9 Å². The fourth-order valence-electron chi connectivity index (χ4n) is 9.42. The highest BCUT2D eigenvalue weighted by molar-refractivity contribution is 8.76. The summed E-state index contributed by atoms with van der Waals surface area (Å²) in [6.45, 7) is 3.47. The molecule has 1 aromatic heterocycles. The number of ether oxygens (including phenoxy) is 6. The van der Waals surface area contributed by atoms with E-state index in [4.69, 9.17) is 32.8 Å². The van der Waals surface area contributed by atoms with E-state index in [2.05, 4.69) is 20.9 Å². The van der Waals surface area contributed by atoms with Crippen molar-refractivity contribution in [1.82, 2.24) is 20.4 Å². The SMILES string of the molecule is CCN(CCOC(=O)NCCSSCCN(CC(=O)NCCO)c1ccc2oc(=O)cc(COC(=O)N(C)CCN(C)C(=O)Oc3ccc4c(c3)Oc3cc(OC)ccc3C4c3ccccc3C(=O)OC)c2c1)c1ccc(N=Nc2ccc([N+](=O)[O-])cc2)cc1. The van der Waals surface area contributed by atoms with Crippen LogP contribution in [0.4, 0.5) is 42.8 Å². The first-order chi connectivity index (χ1) is 43.5. The lowest BCUT2D eigenvalue weighted by Gasteiger charge is -2.30. The van der Waals surface area contributed by atoms with Gasteiger partial charge in [0.15, 0.2) is 0 Å². The molecule has 3 N–H and O–H groups in total. The molecule has 25 nitrogen and oxygen atoms in total. The average molecular weight is 1270 g/mol. The Balaban J connectivity index is 0.793. The van der Waals surface area contributed by atoms with Crippen molar-refractivity contribution >= 4 is 91.2 Å². The Bertz CT molecular complexity index is 3760. The van der Waals surface area contributed by atoms with Crippen LogP contribution in [0, 0.1) is 10.1 Å². The first-order valence-corrected chi connectivity index (χ1v) is 30.9. The second-order valence-corrected chi connectivity index (χ2v) is 22.7. The molecule has 1 aliphatic heterocycles. The lowest BCUT2D eigenvalue weighted by Crippen LogP contribution is -2.39. The Labute approximate surface area is 525 Å². The maximum Gasteiger partial charge on any atom is 0.415 e. The van der Waals surface area contributed by atoms with Gasteiger partial charge in [-0.1, -0.05) is 51.9 Å².